The number of aliphatic hydroxyl groups is 2. The Morgan fingerprint density at radius 2 is 1.73 bits per heavy atom. The number of hydrogen-bond donors (Lipinski definition) is 2. The number of esters is 2. The molecule has 0 radical (unpaired) electrons. The van der Waals surface area contributed by atoms with Gasteiger partial charge in [0.1, 0.15) is 0 Å². The molecule has 0 bridgehead atoms. The maximum atomic E-state index is 11.0. The molecule has 0 rings (SSSR count). The fourth-order valence-corrected chi connectivity index (χ4v) is 1.08. The summed E-state index contributed by atoms with van der Waals surface area (Å²) in [6.45, 7) is 3.31. The zero-order valence-electron chi connectivity index (χ0n) is 9.10. The molecule has 0 aromatic heterocycles. The number of ether oxygens (including phenoxy) is 1. The smallest absolute Gasteiger partial charge is 0.316 e. The molecule has 0 aromatic rings. The molecule has 0 saturated carbocycles. The van der Waals surface area contributed by atoms with Crippen LogP contribution in [-0.2, 0) is 14.3 Å². The van der Waals surface area contributed by atoms with Gasteiger partial charge in [0.2, 0.25) is 0 Å². The van der Waals surface area contributed by atoms with Crippen molar-refractivity contribution in [2.75, 3.05) is 0 Å². The molecule has 15 heavy (non-hydrogen) atoms. The van der Waals surface area contributed by atoms with Crippen LogP contribution in [0, 0.1) is 0 Å². The minimum Gasteiger partial charge on any atom is -0.393 e. The van der Waals surface area contributed by atoms with Crippen LogP contribution in [0.25, 0.3) is 0 Å². The molecule has 0 amide bonds. The van der Waals surface area contributed by atoms with Crippen molar-refractivity contribution in [2.24, 2.45) is 0 Å². The molecule has 0 aromatic carbocycles. The largest absolute Gasteiger partial charge is 0.393 e. The molecule has 5 nitrogen and oxygen atoms in total. The Bertz CT molecular complexity index is 212. The number of hydrogen-bond acceptors (Lipinski definition) is 5. The quantitative estimate of drug-likeness (QED) is 0.497. The van der Waals surface area contributed by atoms with E-state index in [1.807, 2.05) is 6.92 Å². The van der Waals surface area contributed by atoms with E-state index in [0.29, 0.717) is 6.42 Å². The molecule has 0 aliphatic carbocycles. The van der Waals surface area contributed by atoms with E-state index < -0.39 is 24.1 Å². The van der Waals surface area contributed by atoms with Gasteiger partial charge >= 0.3 is 11.9 Å². The molecule has 0 aliphatic heterocycles. The van der Waals surface area contributed by atoms with E-state index in [-0.39, 0.29) is 12.8 Å². The second kappa shape index (κ2) is 7.36. The van der Waals surface area contributed by atoms with Gasteiger partial charge in [0, 0.05) is 0 Å². The summed E-state index contributed by atoms with van der Waals surface area (Å²) in [5.74, 6) is -1.51. The summed E-state index contributed by atoms with van der Waals surface area (Å²) >= 11 is 0. The van der Waals surface area contributed by atoms with E-state index in [0.717, 1.165) is 6.42 Å². The van der Waals surface area contributed by atoms with Gasteiger partial charge in [-0.15, -0.1) is 0 Å². The van der Waals surface area contributed by atoms with E-state index in [1.165, 1.54) is 6.92 Å². The predicted molar refractivity (Wildman–Crippen MR) is 52.9 cm³/mol. The van der Waals surface area contributed by atoms with Crippen LogP contribution in [0.2, 0.25) is 0 Å². The summed E-state index contributed by atoms with van der Waals surface area (Å²) in [6, 6.07) is 0. The third-order valence-electron chi connectivity index (χ3n) is 1.71. The molecule has 0 fully saturated rings. The van der Waals surface area contributed by atoms with Crippen LogP contribution in [0.3, 0.4) is 0 Å². The summed E-state index contributed by atoms with van der Waals surface area (Å²) in [7, 11) is 0. The molecule has 0 saturated heterocycles. The molecule has 2 atom stereocenters. The van der Waals surface area contributed by atoms with Crippen molar-refractivity contribution in [1.29, 1.82) is 0 Å². The lowest BCUT2D eigenvalue weighted by molar-refractivity contribution is -0.161. The highest BCUT2D eigenvalue weighted by atomic mass is 16.6. The summed E-state index contributed by atoms with van der Waals surface area (Å²) in [5.41, 5.74) is 0. The van der Waals surface area contributed by atoms with Crippen molar-refractivity contribution in [3.05, 3.63) is 0 Å². The topological polar surface area (TPSA) is 83.8 Å². The first-order valence-electron chi connectivity index (χ1n) is 5.05. The van der Waals surface area contributed by atoms with Gasteiger partial charge in [-0.2, -0.15) is 0 Å². The Kier molecular flexibility index (Phi) is 6.90. The van der Waals surface area contributed by atoms with E-state index >= 15 is 0 Å². The van der Waals surface area contributed by atoms with Gasteiger partial charge in [0.25, 0.3) is 0 Å². The third-order valence-corrected chi connectivity index (χ3v) is 1.71. The lowest BCUT2D eigenvalue weighted by Crippen LogP contribution is -2.20. The summed E-state index contributed by atoms with van der Waals surface area (Å²) < 4.78 is 4.38. The second-order valence-electron chi connectivity index (χ2n) is 3.55. The number of aliphatic hydroxyl groups excluding tert-OH is 2. The molecule has 0 aliphatic rings. The van der Waals surface area contributed by atoms with Gasteiger partial charge in [-0.25, -0.2) is 0 Å². The third kappa shape index (κ3) is 8.08. The first kappa shape index (κ1) is 14.1. The molecule has 0 spiro atoms. The molecule has 2 N–H and O–H groups in total. The van der Waals surface area contributed by atoms with Crippen LogP contribution >= 0.6 is 0 Å². The number of carbonyl (C=O) groups is 2. The van der Waals surface area contributed by atoms with E-state index in [4.69, 9.17) is 5.11 Å². The zero-order valence-corrected chi connectivity index (χ0v) is 9.10. The van der Waals surface area contributed by atoms with Gasteiger partial charge in [0.05, 0.1) is 25.0 Å². The van der Waals surface area contributed by atoms with E-state index in [9.17, 15) is 14.7 Å². The van der Waals surface area contributed by atoms with Crippen LogP contribution in [0.5, 0.6) is 0 Å². The first-order chi connectivity index (χ1) is 6.95. The van der Waals surface area contributed by atoms with Crippen molar-refractivity contribution in [2.45, 2.75) is 51.7 Å². The standard InChI is InChI=1S/C10H18O5/c1-3-4-8(12)6-10(14)15-9(13)5-7(2)11/h7-8,11-12H,3-6H2,1-2H3. The van der Waals surface area contributed by atoms with Crippen molar-refractivity contribution >= 4 is 11.9 Å². The van der Waals surface area contributed by atoms with E-state index in [2.05, 4.69) is 4.74 Å². The molecular formula is C10H18O5. The van der Waals surface area contributed by atoms with Crippen LogP contribution < -0.4 is 0 Å². The molecule has 2 unspecified atom stereocenters. The van der Waals surface area contributed by atoms with Gasteiger partial charge in [-0.3, -0.25) is 9.59 Å². The Morgan fingerprint density at radius 1 is 1.20 bits per heavy atom. The highest BCUT2D eigenvalue weighted by molar-refractivity contribution is 5.85. The maximum Gasteiger partial charge on any atom is 0.316 e. The maximum absolute atomic E-state index is 11.0. The summed E-state index contributed by atoms with van der Waals surface area (Å²) in [4.78, 5) is 22.0. The van der Waals surface area contributed by atoms with Crippen LogP contribution in [0.15, 0.2) is 0 Å². The van der Waals surface area contributed by atoms with Crippen molar-refractivity contribution < 1.29 is 24.5 Å². The van der Waals surface area contributed by atoms with Crippen LogP contribution in [-0.4, -0.2) is 34.4 Å². The SMILES string of the molecule is CCCC(O)CC(=O)OC(=O)CC(C)O. The average molecular weight is 218 g/mol. The van der Waals surface area contributed by atoms with Gasteiger partial charge < -0.3 is 14.9 Å². The lowest BCUT2D eigenvalue weighted by atomic mass is 10.1. The molecule has 88 valence electrons. The number of carbonyl (C=O) groups excluding carboxylic acids is 2. The fourth-order valence-electron chi connectivity index (χ4n) is 1.08. The second-order valence-corrected chi connectivity index (χ2v) is 3.55. The number of rotatable bonds is 6. The summed E-state index contributed by atoms with van der Waals surface area (Å²) in [6.07, 6.45) is -0.724. The van der Waals surface area contributed by atoms with Gasteiger partial charge in [-0.1, -0.05) is 13.3 Å². The minimum atomic E-state index is -0.828. The highest BCUT2D eigenvalue weighted by Gasteiger charge is 2.16. The molecule has 5 heteroatoms. The normalized spacial score (nSPS) is 14.4. The molecule has 0 heterocycles. The first-order valence-corrected chi connectivity index (χ1v) is 5.05. The van der Waals surface area contributed by atoms with Crippen LogP contribution in [0.4, 0.5) is 0 Å². The fraction of sp³-hybridized carbons (Fsp3) is 0.800. The molecular weight excluding hydrogens is 200 g/mol. The monoisotopic (exact) mass is 218 g/mol. The van der Waals surface area contributed by atoms with Gasteiger partial charge in [0.15, 0.2) is 0 Å². The van der Waals surface area contributed by atoms with Crippen molar-refractivity contribution in [3.63, 3.8) is 0 Å². The minimum absolute atomic E-state index is 0.181. The van der Waals surface area contributed by atoms with Crippen LogP contribution in [0.1, 0.15) is 39.5 Å². The summed E-state index contributed by atoms with van der Waals surface area (Å²) in [5, 5.41) is 18.1. The Labute approximate surface area is 89.0 Å². The highest BCUT2D eigenvalue weighted by Crippen LogP contribution is 2.03. The average Bonchev–Trinajstić information content (AvgIpc) is 2.00. The zero-order chi connectivity index (χ0) is 11.8. The lowest BCUT2D eigenvalue weighted by Gasteiger charge is -2.08. The van der Waals surface area contributed by atoms with Gasteiger partial charge in [-0.05, 0) is 13.3 Å². The Hall–Kier alpha value is -0.940. The van der Waals surface area contributed by atoms with E-state index in [1.54, 1.807) is 0 Å². The Morgan fingerprint density at radius 3 is 2.20 bits per heavy atom. The van der Waals surface area contributed by atoms with Crippen molar-refractivity contribution in [3.8, 4) is 0 Å². The van der Waals surface area contributed by atoms with Crippen molar-refractivity contribution in [1.82, 2.24) is 0 Å². The Balaban J connectivity index is 3.78. The predicted octanol–water partition coefficient (Wildman–Crippen LogP) is 0.378.